The van der Waals surface area contributed by atoms with Crippen molar-refractivity contribution < 1.29 is 13.2 Å². The number of aryl methyl sites for hydroxylation is 1. The summed E-state index contributed by atoms with van der Waals surface area (Å²) < 4.78 is 22.9. The molecule has 2 aromatic rings. The molecule has 0 aliphatic heterocycles. The highest BCUT2D eigenvalue weighted by atomic mass is 32.2. The smallest absolute Gasteiger partial charge is 0.248 e. The van der Waals surface area contributed by atoms with Gasteiger partial charge in [-0.1, -0.05) is 6.07 Å². The third-order valence-corrected chi connectivity index (χ3v) is 4.91. The van der Waals surface area contributed by atoms with E-state index in [1.807, 2.05) is 18.4 Å². The van der Waals surface area contributed by atoms with Crippen molar-refractivity contribution in [2.45, 2.75) is 11.8 Å². The molecule has 0 fully saturated rings. The Morgan fingerprint density at radius 3 is 2.67 bits per heavy atom. The van der Waals surface area contributed by atoms with E-state index in [1.54, 1.807) is 29.5 Å². The zero-order valence-corrected chi connectivity index (χ0v) is 13.3. The molecule has 0 bridgehead atoms. The molecule has 1 amide bonds. The summed E-state index contributed by atoms with van der Waals surface area (Å²) >= 11 is 1.56. The van der Waals surface area contributed by atoms with Crippen molar-refractivity contribution in [1.82, 2.24) is 0 Å². The van der Waals surface area contributed by atoms with Gasteiger partial charge in [0.1, 0.15) is 0 Å². The van der Waals surface area contributed by atoms with Gasteiger partial charge in [0.2, 0.25) is 5.91 Å². The van der Waals surface area contributed by atoms with E-state index >= 15 is 0 Å². The second-order valence-electron chi connectivity index (χ2n) is 4.59. The predicted molar refractivity (Wildman–Crippen MR) is 86.3 cm³/mol. The van der Waals surface area contributed by atoms with E-state index in [1.165, 1.54) is 18.2 Å². The number of rotatable bonds is 4. The first-order chi connectivity index (χ1) is 9.86. The van der Waals surface area contributed by atoms with Crippen LogP contribution in [0.3, 0.4) is 0 Å². The molecule has 0 aliphatic rings. The van der Waals surface area contributed by atoms with Crippen molar-refractivity contribution in [3.63, 3.8) is 0 Å². The van der Waals surface area contributed by atoms with Crippen molar-refractivity contribution in [2.75, 3.05) is 11.6 Å². The Morgan fingerprint density at radius 1 is 1.29 bits per heavy atom. The molecule has 0 saturated heterocycles. The van der Waals surface area contributed by atoms with E-state index in [4.69, 9.17) is 0 Å². The van der Waals surface area contributed by atoms with Gasteiger partial charge in [0, 0.05) is 22.9 Å². The van der Waals surface area contributed by atoms with E-state index in [9.17, 15) is 13.2 Å². The van der Waals surface area contributed by atoms with Crippen LogP contribution < -0.4 is 5.32 Å². The monoisotopic (exact) mass is 321 g/mol. The second kappa shape index (κ2) is 6.24. The number of hydrogen-bond acceptors (Lipinski definition) is 4. The largest absolute Gasteiger partial charge is 0.322 e. The average Bonchev–Trinajstić information content (AvgIpc) is 2.81. The third kappa shape index (κ3) is 4.27. The number of amides is 1. The molecule has 1 heterocycles. The van der Waals surface area contributed by atoms with Gasteiger partial charge in [-0.05, 0) is 48.2 Å². The third-order valence-electron chi connectivity index (χ3n) is 2.82. The van der Waals surface area contributed by atoms with Crippen LogP contribution in [0.25, 0.3) is 6.08 Å². The lowest BCUT2D eigenvalue weighted by atomic mass is 10.2. The van der Waals surface area contributed by atoms with Crippen LogP contribution in [-0.2, 0) is 14.6 Å². The summed E-state index contributed by atoms with van der Waals surface area (Å²) in [5.74, 6) is -0.298. The van der Waals surface area contributed by atoms with Gasteiger partial charge >= 0.3 is 0 Å². The Hall–Kier alpha value is -1.92. The topological polar surface area (TPSA) is 63.2 Å². The zero-order valence-electron chi connectivity index (χ0n) is 11.7. The highest BCUT2D eigenvalue weighted by Gasteiger charge is 2.08. The molecule has 0 spiro atoms. The summed E-state index contributed by atoms with van der Waals surface area (Å²) in [6, 6.07) is 8.17. The quantitative estimate of drug-likeness (QED) is 0.880. The minimum atomic E-state index is -3.28. The molecule has 2 rings (SSSR count). The average molecular weight is 321 g/mol. The molecule has 0 aliphatic carbocycles. The van der Waals surface area contributed by atoms with Gasteiger partial charge in [0.05, 0.1) is 4.90 Å². The lowest BCUT2D eigenvalue weighted by Gasteiger charge is -2.04. The second-order valence-corrected chi connectivity index (χ2v) is 7.55. The van der Waals surface area contributed by atoms with Crippen molar-refractivity contribution in [3.8, 4) is 0 Å². The Bertz CT molecular complexity index is 789. The summed E-state index contributed by atoms with van der Waals surface area (Å²) in [7, 11) is -3.28. The van der Waals surface area contributed by atoms with Crippen LogP contribution in [0.4, 0.5) is 5.69 Å². The van der Waals surface area contributed by atoms with Crippen molar-refractivity contribution in [2.24, 2.45) is 0 Å². The first kappa shape index (κ1) is 15.5. The van der Waals surface area contributed by atoms with Gasteiger partial charge < -0.3 is 5.32 Å². The lowest BCUT2D eigenvalue weighted by Crippen LogP contribution is -2.08. The number of carbonyl (C=O) groups excluding carboxylic acids is 1. The summed E-state index contributed by atoms with van der Waals surface area (Å²) in [6.45, 7) is 1.98. The Kier molecular flexibility index (Phi) is 4.59. The summed E-state index contributed by atoms with van der Waals surface area (Å²) in [5, 5.41) is 4.61. The highest BCUT2D eigenvalue weighted by Crippen LogP contribution is 2.18. The highest BCUT2D eigenvalue weighted by molar-refractivity contribution is 7.90. The molecule has 1 N–H and O–H groups in total. The molecule has 21 heavy (non-hydrogen) atoms. The zero-order chi connectivity index (χ0) is 15.5. The summed E-state index contributed by atoms with van der Waals surface area (Å²) in [6.07, 6.45) is 4.31. The molecule has 6 heteroatoms. The van der Waals surface area contributed by atoms with Crippen LogP contribution in [-0.4, -0.2) is 20.6 Å². The van der Waals surface area contributed by atoms with Gasteiger partial charge in [-0.3, -0.25) is 4.79 Å². The van der Waals surface area contributed by atoms with E-state index < -0.39 is 9.84 Å². The molecule has 1 aromatic heterocycles. The SMILES string of the molecule is Cc1ccsc1/C=C/C(=O)Nc1cccc(S(C)(=O)=O)c1. The molecular weight excluding hydrogens is 306 g/mol. The number of carbonyl (C=O) groups is 1. The van der Waals surface area contributed by atoms with Crippen LogP contribution in [0.15, 0.2) is 46.7 Å². The molecule has 0 unspecified atom stereocenters. The number of benzene rings is 1. The van der Waals surface area contributed by atoms with Crippen molar-refractivity contribution in [3.05, 3.63) is 52.2 Å². The van der Waals surface area contributed by atoms with Crippen molar-refractivity contribution >= 4 is 38.8 Å². The Morgan fingerprint density at radius 2 is 2.05 bits per heavy atom. The fourth-order valence-corrected chi connectivity index (χ4v) is 3.18. The van der Waals surface area contributed by atoms with Gasteiger partial charge in [0.25, 0.3) is 0 Å². The maximum Gasteiger partial charge on any atom is 0.248 e. The molecule has 1 aromatic carbocycles. The van der Waals surface area contributed by atoms with Crippen LogP contribution in [0.5, 0.6) is 0 Å². The normalized spacial score (nSPS) is 11.7. The van der Waals surface area contributed by atoms with Gasteiger partial charge in [0.15, 0.2) is 9.84 Å². The number of anilines is 1. The molecule has 4 nitrogen and oxygen atoms in total. The Labute approximate surface area is 128 Å². The van der Waals surface area contributed by atoms with Crippen LogP contribution in [0.2, 0.25) is 0 Å². The van der Waals surface area contributed by atoms with E-state index in [-0.39, 0.29) is 10.8 Å². The Balaban J connectivity index is 2.10. The first-order valence-corrected chi connectivity index (χ1v) is 8.96. The molecule has 0 atom stereocenters. The molecule has 0 saturated carbocycles. The van der Waals surface area contributed by atoms with Gasteiger partial charge in [-0.25, -0.2) is 8.42 Å². The van der Waals surface area contributed by atoms with Crippen molar-refractivity contribution in [1.29, 1.82) is 0 Å². The lowest BCUT2D eigenvalue weighted by molar-refractivity contribution is -0.111. The predicted octanol–water partition coefficient (Wildman–Crippen LogP) is 3.11. The molecular formula is C15H15NO3S2. The summed E-state index contributed by atoms with van der Waals surface area (Å²) in [5.41, 5.74) is 1.57. The number of thiophene rings is 1. The number of sulfone groups is 1. The number of nitrogens with one attached hydrogen (secondary N) is 1. The van der Waals surface area contributed by atoms with E-state index in [0.717, 1.165) is 16.7 Å². The fraction of sp³-hybridized carbons (Fsp3) is 0.133. The minimum absolute atomic E-state index is 0.179. The fourth-order valence-electron chi connectivity index (χ4n) is 1.69. The maximum absolute atomic E-state index is 11.8. The first-order valence-electron chi connectivity index (χ1n) is 6.19. The summed E-state index contributed by atoms with van der Waals surface area (Å²) in [4.78, 5) is 13.0. The van der Waals surface area contributed by atoms with Crippen LogP contribution in [0.1, 0.15) is 10.4 Å². The minimum Gasteiger partial charge on any atom is -0.322 e. The van der Waals surface area contributed by atoms with Crippen LogP contribution in [0, 0.1) is 6.92 Å². The number of hydrogen-bond donors (Lipinski definition) is 1. The molecule has 0 radical (unpaired) electrons. The standard InChI is InChI=1S/C15H15NO3S2/c1-11-8-9-20-14(11)6-7-15(17)16-12-4-3-5-13(10-12)21(2,18)19/h3-10H,1-2H3,(H,16,17)/b7-6+. The maximum atomic E-state index is 11.8. The van der Waals surface area contributed by atoms with Gasteiger partial charge in [-0.15, -0.1) is 11.3 Å². The van der Waals surface area contributed by atoms with Crippen LogP contribution >= 0.6 is 11.3 Å². The molecule has 110 valence electrons. The van der Waals surface area contributed by atoms with E-state index in [2.05, 4.69) is 5.32 Å². The van der Waals surface area contributed by atoms with E-state index in [0.29, 0.717) is 5.69 Å². The van der Waals surface area contributed by atoms with Gasteiger partial charge in [-0.2, -0.15) is 0 Å².